The first-order valence-corrected chi connectivity index (χ1v) is 4.62. The van der Waals surface area contributed by atoms with Gasteiger partial charge in [-0.15, -0.1) is 0 Å². The molecule has 0 saturated carbocycles. The van der Waals surface area contributed by atoms with Crippen molar-refractivity contribution >= 4 is 11.9 Å². The van der Waals surface area contributed by atoms with Gasteiger partial charge in [0.25, 0.3) is 0 Å². The maximum absolute atomic E-state index is 10.8. The average Bonchev–Trinajstić information content (AvgIpc) is 2.19. The van der Waals surface area contributed by atoms with Crippen molar-refractivity contribution in [1.82, 2.24) is 0 Å². The predicted molar refractivity (Wildman–Crippen MR) is 50.8 cm³/mol. The van der Waals surface area contributed by atoms with Gasteiger partial charge in [0.2, 0.25) is 0 Å². The van der Waals surface area contributed by atoms with Crippen LogP contribution in [0.1, 0.15) is 13.8 Å². The molecule has 0 fully saturated rings. The van der Waals surface area contributed by atoms with E-state index in [2.05, 4.69) is 0 Å². The van der Waals surface area contributed by atoms with Gasteiger partial charge in [0.15, 0.2) is 18.0 Å². The maximum Gasteiger partial charge on any atom is 0.303 e. The molecule has 0 N–H and O–H groups in total. The molecule has 0 aromatic heterocycles. The molecule has 1 aliphatic heterocycles. The van der Waals surface area contributed by atoms with E-state index in [1.165, 1.54) is 19.9 Å². The molecule has 0 radical (unpaired) electrons. The molecule has 6 heteroatoms. The fraction of sp³-hybridized carbons (Fsp3) is 0.500. The van der Waals surface area contributed by atoms with Crippen molar-refractivity contribution in [3.05, 3.63) is 11.8 Å². The van der Waals surface area contributed by atoms with Crippen LogP contribution in [-0.4, -0.2) is 30.8 Å². The van der Waals surface area contributed by atoms with E-state index in [0.717, 1.165) is 0 Å². The topological polar surface area (TPSA) is 85.6 Å². The molecule has 0 aliphatic carbocycles. The summed E-state index contributed by atoms with van der Waals surface area (Å²) in [4.78, 5) is 21.6. The molecule has 1 aliphatic rings. The molecule has 2 atom stereocenters. The van der Waals surface area contributed by atoms with E-state index in [1.54, 1.807) is 6.07 Å². The van der Waals surface area contributed by atoms with Crippen LogP contribution < -0.4 is 0 Å². The summed E-state index contributed by atoms with van der Waals surface area (Å²) in [6.45, 7) is 2.48. The highest BCUT2D eigenvalue weighted by Gasteiger charge is 2.31. The Kier molecular flexibility index (Phi) is 3.89. The van der Waals surface area contributed by atoms with E-state index in [-0.39, 0.29) is 12.4 Å². The summed E-state index contributed by atoms with van der Waals surface area (Å²) in [6, 6.07) is 1.79. The molecule has 0 aromatic rings. The standard InChI is InChI=1S/C10H11NO5/c1-6(12)15-9-3-8(4-11)14-5-10(9)16-7(2)13/h3,9-10H,5H2,1-2H3/t9-,10-/m1/s1. The zero-order chi connectivity index (χ0) is 12.1. The van der Waals surface area contributed by atoms with Gasteiger partial charge in [-0.05, 0) is 0 Å². The van der Waals surface area contributed by atoms with Crippen molar-refractivity contribution in [2.45, 2.75) is 26.1 Å². The van der Waals surface area contributed by atoms with Gasteiger partial charge in [-0.3, -0.25) is 9.59 Å². The number of esters is 2. The first-order valence-electron chi connectivity index (χ1n) is 4.62. The van der Waals surface area contributed by atoms with Crippen LogP contribution in [0.3, 0.4) is 0 Å². The van der Waals surface area contributed by atoms with Crippen molar-refractivity contribution in [3.63, 3.8) is 0 Å². The van der Waals surface area contributed by atoms with Crippen LogP contribution in [0.25, 0.3) is 0 Å². The summed E-state index contributed by atoms with van der Waals surface area (Å²) in [5.41, 5.74) is 0. The lowest BCUT2D eigenvalue weighted by molar-refractivity contribution is -0.166. The molecule has 86 valence electrons. The number of carbonyl (C=O) groups excluding carboxylic acids is 2. The third kappa shape index (κ3) is 3.28. The molecule has 0 unspecified atom stereocenters. The van der Waals surface area contributed by atoms with Gasteiger partial charge in [0, 0.05) is 19.9 Å². The molecule has 0 bridgehead atoms. The molecular weight excluding hydrogens is 214 g/mol. The SMILES string of the molecule is CC(=O)O[C@@H]1C=C(C#N)OC[C@H]1OC(C)=O. The normalized spacial score (nSPS) is 23.4. The Bertz CT molecular complexity index is 368. The number of hydrogen-bond donors (Lipinski definition) is 0. The van der Waals surface area contributed by atoms with Crippen molar-refractivity contribution in [1.29, 1.82) is 5.26 Å². The summed E-state index contributed by atoms with van der Waals surface area (Å²) in [5.74, 6) is -0.966. The molecule has 0 spiro atoms. The molecule has 0 aromatic carbocycles. The third-order valence-corrected chi connectivity index (χ3v) is 1.81. The van der Waals surface area contributed by atoms with Crippen molar-refractivity contribution in [2.75, 3.05) is 6.61 Å². The smallest absolute Gasteiger partial charge is 0.303 e. The van der Waals surface area contributed by atoms with Gasteiger partial charge in [-0.2, -0.15) is 5.26 Å². The molecule has 0 amide bonds. The second-order valence-electron chi connectivity index (χ2n) is 3.18. The lowest BCUT2D eigenvalue weighted by Gasteiger charge is -2.27. The summed E-state index contributed by atoms with van der Waals surface area (Å²) in [7, 11) is 0. The monoisotopic (exact) mass is 225 g/mol. The lowest BCUT2D eigenvalue weighted by Crippen LogP contribution is -2.39. The van der Waals surface area contributed by atoms with E-state index in [1.807, 2.05) is 0 Å². The van der Waals surface area contributed by atoms with Crippen LogP contribution >= 0.6 is 0 Å². The van der Waals surface area contributed by atoms with Gasteiger partial charge in [-0.1, -0.05) is 0 Å². The Balaban J connectivity index is 2.78. The average molecular weight is 225 g/mol. The number of carbonyl (C=O) groups is 2. The van der Waals surface area contributed by atoms with Crippen molar-refractivity contribution in [3.8, 4) is 6.07 Å². The quantitative estimate of drug-likeness (QED) is 0.628. The molecular formula is C10H11NO5. The summed E-state index contributed by atoms with van der Waals surface area (Å²) in [6.07, 6.45) is -0.165. The minimum atomic E-state index is -0.773. The Labute approximate surface area is 92.4 Å². The van der Waals surface area contributed by atoms with Gasteiger partial charge in [-0.25, -0.2) is 0 Å². The molecule has 0 saturated heterocycles. The summed E-state index contributed by atoms with van der Waals surface area (Å²) >= 11 is 0. The molecule has 1 heterocycles. The first-order chi connectivity index (χ1) is 7.52. The van der Waals surface area contributed by atoms with E-state index < -0.39 is 24.1 Å². The van der Waals surface area contributed by atoms with Gasteiger partial charge < -0.3 is 14.2 Å². The predicted octanol–water partition coefficient (Wildman–Crippen LogP) is 0.287. The van der Waals surface area contributed by atoms with Gasteiger partial charge in [0.1, 0.15) is 12.7 Å². The minimum Gasteiger partial charge on any atom is -0.480 e. The van der Waals surface area contributed by atoms with Gasteiger partial charge in [0.05, 0.1) is 0 Å². The largest absolute Gasteiger partial charge is 0.480 e. The number of allylic oxidation sites excluding steroid dienone is 1. The Hall–Kier alpha value is -2.03. The van der Waals surface area contributed by atoms with E-state index in [9.17, 15) is 9.59 Å². The first kappa shape index (κ1) is 12.0. The van der Waals surface area contributed by atoms with Crippen molar-refractivity contribution in [2.24, 2.45) is 0 Å². The summed E-state index contributed by atoms with van der Waals surface area (Å²) in [5, 5.41) is 8.62. The van der Waals surface area contributed by atoms with Crippen LogP contribution in [0.5, 0.6) is 0 Å². The number of nitriles is 1. The number of rotatable bonds is 2. The molecule has 6 nitrogen and oxygen atoms in total. The highest BCUT2D eigenvalue weighted by molar-refractivity contribution is 5.67. The second kappa shape index (κ2) is 5.16. The lowest BCUT2D eigenvalue weighted by atomic mass is 10.1. The van der Waals surface area contributed by atoms with Crippen LogP contribution in [0.4, 0.5) is 0 Å². The minimum absolute atomic E-state index is 0.00306. The maximum atomic E-state index is 10.8. The number of ether oxygens (including phenoxy) is 3. The van der Waals surface area contributed by atoms with Crippen LogP contribution in [-0.2, 0) is 23.8 Å². The fourth-order valence-electron chi connectivity index (χ4n) is 1.26. The summed E-state index contributed by atoms with van der Waals surface area (Å²) < 4.78 is 14.8. The zero-order valence-electron chi connectivity index (χ0n) is 8.93. The highest BCUT2D eigenvalue weighted by atomic mass is 16.6. The fourth-order valence-corrected chi connectivity index (χ4v) is 1.26. The second-order valence-corrected chi connectivity index (χ2v) is 3.18. The number of hydrogen-bond acceptors (Lipinski definition) is 6. The van der Waals surface area contributed by atoms with Crippen LogP contribution in [0, 0.1) is 11.3 Å². The van der Waals surface area contributed by atoms with Gasteiger partial charge >= 0.3 is 11.9 Å². The highest BCUT2D eigenvalue weighted by Crippen LogP contribution is 2.17. The van der Waals surface area contributed by atoms with Crippen molar-refractivity contribution < 1.29 is 23.8 Å². The molecule has 16 heavy (non-hydrogen) atoms. The molecule has 1 rings (SSSR count). The van der Waals surface area contributed by atoms with E-state index >= 15 is 0 Å². The Morgan fingerprint density at radius 3 is 2.56 bits per heavy atom. The van der Waals surface area contributed by atoms with Crippen LogP contribution in [0.15, 0.2) is 11.8 Å². The van der Waals surface area contributed by atoms with E-state index in [4.69, 9.17) is 19.5 Å². The Morgan fingerprint density at radius 2 is 2.06 bits per heavy atom. The van der Waals surface area contributed by atoms with Crippen LogP contribution in [0.2, 0.25) is 0 Å². The third-order valence-electron chi connectivity index (χ3n) is 1.81. The number of nitrogens with zero attached hydrogens (tertiary/aromatic N) is 1. The van der Waals surface area contributed by atoms with E-state index in [0.29, 0.717) is 0 Å². The zero-order valence-corrected chi connectivity index (χ0v) is 8.93. The Morgan fingerprint density at radius 1 is 1.44 bits per heavy atom.